The Balaban J connectivity index is 2.11. The Labute approximate surface area is 123 Å². The number of hydrogen-bond donors (Lipinski definition) is 1. The van der Waals surface area contributed by atoms with Gasteiger partial charge in [0.2, 0.25) is 10.0 Å². The lowest BCUT2D eigenvalue weighted by atomic mass is 10.2. The van der Waals surface area contributed by atoms with Crippen LogP contribution < -0.4 is 5.32 Å². The first kappa shape index (κ1) is 15.0. The number of halogens is 1. The van der Waals surface area contributed by atoms with E-state index in [1.54, 1.807) is 4.31 Å². The minimum atomic E-state index is -3.22. The highest BCUT2D eigenvalue weighted by Crippen LogP contribution is 2.23. The van der Waals surface area contributed by atoms with Gasteiger partial charge in [0.05, 0.1) is 5.75 Å². The predicted octanol–water partition coefficient (Wildman–Crippen LogP) is 1.96. The first-order valence-electron chi connectivity index (χ1n) is 6.41. The molecule has 106 valence electrons. The summed E-state index contributed by atoms with van der Waals surface area (Å²) in [6.07, 6.45) is 1.90. The van der Waals surface area contributed by atoms with Gasteiger partial charge in [-0.25, -0.2) is 8.42 Å². The van der Waals surface area contributed by atoms with Gasteiger partial charge in [-0.3, -0.25) is 0 Å². The smallest absolute Gasteiger partial charge is 0.218 e. The average molecular weight is 347 g/mol. The van der Waals surface area contributed by atoms with Crippen molar-refractivity contribution in [1.82, 2.24) is 9.62 Å². The van der Waals surface area contributed by atoms with Crippen LogP contribution in [-0.2, 0) is 15.8 Å². The van der Waals surface area contributed by atoms with Gasteiger partial charge in [0.1, 0.15) is 0 Å². The monoisotopic (exact) mass is 346 g/mol. The standard InChI is InChI=1S/C13H19BrN2O2S/c1-15-9-13-3-2-8-16(13)19(17,18)10-11-4-6-12(14)7-5-11/h4-7,13,15H,2-3,8-10H2,1H3. The summed E-state index contributed by atoms with van der Waals surface area (Å²) in [7, 11) is -1.36. The van der Waals surface area contributed by atoms with E-state index in [2.05, 4.69) is 21.2 Å². The lowest BCUT2D eigenvalue weighted by Gasteiger charge is -2.23. The minimum Gasteiger partial charge on any atom is -0.318 e. The topological polar surface area (TPSA) is 49.4 Å². The van der Waals surface area contributed by atoms with Gasteiger partial charge < -0.3 is 5.32 Å². The molecule has 0 aliphatic carbocycles. The molecule has 1 unspecified atom stereocenters. The number of hydrogen-bond acceptors (Lipinski definition) is 3. The maximum atomic E-state index is 12.5. The van der Waals surface area contributed by atoms with Gasteiger partial charge >= 0.3 is 0 Å². The van der Waals surface area contributed by atoms with E-state index in [9.17, 15) is 8.42 Å². The first-order chi connectivity index (χ1) is 9.03. The molecule has 0 radical (unpaired) electrons. The van der Waals surface area contributed by atoms with Gasteiger partial charge in [0.25, 0.3) is 0 Å². The van der Waals surface area contributed by atoms with E-state index in [4.69, 9.17) is 0 Å². The van der Waals surface area contributed by atoms with Crippen LogP contribution in [0.25, 0.3) is 0 Å². The molecule has 1 aliphatic heterocycles. The zero-order valence-electron chi connectivity index (χ0n) is 11.0. The molecule has 1 saturated heterocycles. The van der Waals surface area contributed by atoms with Gasteiger partial charge in [-0.2, -0.15) is 4.31 Å². The van der Waals surface area contributed by atoms with Crippen LogP contribution in [0.3, 0.4) is 0 Å². The van der Waals surface area contributed by atoms with E-state index < -0.39 is 10.0 Å². The fourth-order valence-electron chi connectivity index (χ4n) is 2.49. The Kier molecular flexibility index (Phi) is 5.00. The molecule has 0 spiro atoms. The summed E-state index contributed by atoms with van der Waals surface area (Å²) in [5.74, 6) is 0.0838. The number of rotatable bonds is 5. The molecule has 0 saturated carbocycles. The Morgan fingerprint density at radius 1 is 1.37 bits per heavy atom. The molecule has 0 amide bonds. The molecule has 1 N–H and O–H groups in total. The zero-order valence-corrected chi connectivity index (χ0v) is 13.4. The highest BCUT2D eigenvalue weighted by atomic mass is 79.9. The molecular formula is C13H19BrN2O2S. The summed E-state index contributed by atoms with van der Waals surface area (Å²) in [6, 6.07) is 7.56. The average Bonchev–Trinajstić information content (AvgIpc) is 2.81. The van der Waals surface area contributed by atoms with E-state index in [0.717, 1.165) is 29.4 Å². The van der Waals surface area contributed by atoms with Crippen molar-refractivity contribution < 1.29 is 8.42 Å². The van der Waals surface area contributed by atoms with E-state index in [1.807, 2.05) is 31.3 Å². The van der Waals surface area contributed by atoms with Crippen molar-refractivity contribution in [2.75, 3.05) is 20.1 Å². The molecule has 1 heterocycles. The molecule has 1 aliphatic rings. The second kappa shape index (κ2) is 6.35. The van der Waals surface area contributed by atoms with Gasteiger partial charge in [-0.05, 0) is 37.6 Å². The number of likely N-dealkylation sites (N-methyl/N-ethyl adjacent to an activating group) is 1. The first-order valence-corrected chi connectivity index (χ1v) is 8.82. The van der Waals surface area contributed by atoms with Crippen molar-refractivity contribution in [3.8, 4) is 0 Å². The fraction of sp³-hybridized carbons (Fsp3) is 0.538. The third-order valence-electron chi connectivity index (χ3n) is 3.38. The quantitative estimate of drug-likeness (QED) is 0.886. The normalized spacial score (nSPS) is 20.8. The van der Waals surface area contributed by atoms with Crippen molar-refractivity contribution in [2.24, 2.45) is 0 Å². The largest absolute Gasteiger partial charge is 0.318 e. The third kappa shape index (κ3) is 3.78. The summed E-state index contributed by atoms with van der Waals surface area (Å²) in [6.45, 7) is 1.37. The van der Waals surface area contributed by atoms with E-state index in [1.165, 1.54) is 0 Å². The lowest BCUT2D eigenvalue weighted by molar-refractivity contribution is 0.378. The molecule has 1 aromatic carbocycles. The van der Waals surface area contributed by atoms with Crippen molar-refractivity contribution >= 4 is 26.0 Å². The molecule has 1 fully saturated rings. The second-order valence-electron chi connectivity index (χ2n) is 4.85. The van der Waals surface area contributed by atoms with Crippen LogP contribution >= 0.6 is 15.9 Å². The fourth-order valence-corrected chi connectivity index (χ4v) is 4.57. The van der Waals surface area contributed by atoms with Gasteiger partial charge in [0.15, 0.2) is 0 Å². The molecule has 1 atom stereocenters. The van der Waals surface area contributed by atoms with Crippen LogP contribution in [0.4, 0.5) is 0 Å². The van der Waals surface area contributed by atoms with Gasteiger partial charge in [0, 0.05) is 23.6 Å². The van der Waals surface area contributed by atoms with Gasteiger partial charge in [-0.15, -0.1) is 0 Å². The highest BCUT2D eigenvalue weighted by Gasteiger charge is 2.33. The Bertz CT molecular complexity index is 516. The molecule has 0 bridgehead atoms. The van der Waals surface area contributed by atoms with Crippen molar-refractivity contribution in [3.05, 3.63) is 34.3 Å². The van der Waals surface area contributed by atoms with Crippen LogP contribution in [-0.4, -0.2) is 38.9 Å². The molecule has 4 nitrogen and oxygen atoms in total. The maximum Gasteiger partial charge on any atom is 0.218 e. The van der Waals surface area contributed by atoms with E-state index in [0.29, 0.717) is 6.54 Å². The Hall–Kier alpha value is -0.430. The van der Waals surface area contributed by atoms with Crippen LogP contribution in [0.1, 0.15) is 18.4 Å². The third-order valence-corrected chi connectivity index (χ3v) is 5.80. The minimum absolute atomic E-state index is 0.0838. The van der Waals surface area contributed by atoms with Crippen molar-refractivity contribution in [2.45, 2.75) is 24.6 Å². The highest BCUT2D eigenvalue weighted by molar-refractivity contribution is 9.10. The van der Waals surface area contributed by atoms with Crippen LogP contribution in [0, 0.1) is 0 Å². The molecule has 2 rings (SSSR count). The lowest BCUT2D eigenvalue weighted by Crippen LogP contribution is -2.41. The summed E-state index contributed by atoms with van der Waals surface area (Å²) in [5, 5.41) is 3.07. The SMILES string of the molecule is CNCC1CCCN1S(=O)(=O)Cc1ccc(Br)cc1. The van der Waals surface area contributed by atoms with Crippen LogP contribution in [0.2, 0.25) is 0 Å². The maximum absolute atomic E-state index is 12.5. The molecular weight excluding hydrogens is 328 g/mol. The van der Waals surface area contributed by atoms with Gasteiger partial charge in [-0.1, -0.05) is 28.1 Å². The van der Waals surface area contributed by atoms with E-state index >= 15 is 0 Å². The molecule has 19 heavy (non-hydrogen) atoms. The summed E-state index contributed by atoms with van der Waals surface area (Å²) in [5.41, 5.74) is 0.832. The van der Waals surface area contributed by atoms with Crippen LogP contribution in [0.15, 0.2) is 28.7 Å². The van der Waals surface area contributed by atoms with E-state index in [-0.39, 0.29) is 11.8 Å². The number of nitrogens with one attached hydrogen (secondary N) is 1. The number of nitrogens with zero attached hydrogens (tertiary/aromatic N) is 1. The zero-order chi connectivity index (χ0) is 13.9. The Morgan fingerprint density at radius 2 is 2.05 bits per heavy atom. The molecule has 6 heteroatoms. The molecule has 1 aromatic rings. The predicted molar refractivity (Wildman–Crippen MR) is 80.4 cm³/mol. The Morgan fingerprint density at radius 3 is 2.68 bits per heavy atom. The summed E-state index contributed by atoms with van der Waals surface area (Å²) < 4.78 is 27.5. The van der Waals surface area contributed by atoms with Crippen molar-refractivity contribution in [1.29, 1.82) is 0 Å². The summed E-state index contributed by atoms with van der Waals surface area (Å²) >= 11 is 3.35. The van der Waals surface area contributed by atoms with Crippen molar-refractivity contribution in [3.63, 3.8) is 0 Å². The second-order valence-corrected chi connectivity index (χ2v) is 7.68. The summed E-state index contributed by atoms with van der Waals surface area (Å²) in [4.78, 5) is 0. The number of benzene rings is 1. The molecule has 0 aromatic heterocycles. The number of sulfonamides is 1. The van der Waals surface area contributed by atoms with Crippen LogP contribution in [0.5, 0.6) is 0 Å².